The zero-order valence-corrected chi connectivity index (χ0v) is 15.0. The van der Waals surface area contributed by atoms with E-state index in [9.17, 15) is 4.79 Å². The molecule has 4 aromatic rings. The quantitative estimate of drug-likeness (QED) is 0.584. The molecule has 8 heteroatoms. The number of nitrogens with one attached hydrogen (secondary N) is 1. The first kappa shape index (κ1) is 17.0. The van der Waals surface area contributed by atoms with Crippen molar-refractivity contribution < 1.29 is 9.53 Å². The van der Waals surface area contributed by atoms with E-state index >= 15 is 0 Å². The molecule has 0 unspecified atom stereocenters. The van der Waals surface area contributed by atoms with Gasteiger partial charge in [0.1, 0.15) is 16.8 Å². The number of hydrogen-bond acceptors (Lipinski definition) is 5. The second-order valence-corrected chi connectivity index (χ2v) is 6.11. The molecule has 0 saturated carbocycles. The number of pyridine rings is 1. The Bertz CT molecular complexity index is 1130. The maximum atomic E-state index is 12.3. The molecule has 0 saturated heterocycles. The van der Waals surface area contributed by atoms with Gasteiger partial charge in [-0.05, 0) is 48.5 Å². The van der Waals surface area contributed by atoms with Crippen LogP contribution in [-0.2, 0) is 0 Å². The van der Waals surface area contributed by atoms with E-state index < -0.39 is 0 Å². The van der Waals surface area contributed by atoms with E-state index in [2.05, 4.69) is 20.5 Å². The third-order valence-electron chi connectivity index (χ3n) is 3.93. The van der Waals surface area contributed by atoms with Crippen LogP contribution >= 0.6 is 11.6 Å². The van der Waals surface area contributed by atoms with Crippen molar-refractivity contribution in [2.75, 3.05) is 12.4 Å². The van der Waals surface area contributed by atoms with Crippen LogP contribution in [0, 0.1) is 0 Å². The lowest BCUT2D eigenvalue weighted by molar-refractivity contribution is 0.102. The predicted octanol–water partition coefficient (Wildman–Crippen LogP) is 3.73. The van der Waals surface area contributed by atoms with Crippen LogP contribution in [0.3, 0.4) is 0 Å². The van der Waals surface area contributed by atoms with Crippen LogP contribution in [0.15, 0.2) is 60.9 Å². The number of methoxy groups -OCH3 is 1. The minimum Gasteiger partial charge on any atom is -0.495 e. The van der Waals surface area contributed by atoms with Gasteiger partial charge >= 0.3 is 0 Å². The van der Waals surface area contributed by atoms with E-state index in [0.717, 1.165) is 0 Å². The molecule has 7 nitrogen and oxygen atoms in total. The summed E-state index contributed by atoms with van der Waals surface area (Å²) in [7, 11) is 1.56. The van der Waals surface area contributed by atoms with Crippen LogP contribution < -0.4 is 10.1 Å². The van der Waals surface area contributed by atoms with Crippen molar-refractivity contribution in [2.45, 2.75) is 0 Å². The normalized spacial score (nSPS) is 10.7. The fourth-order valence-corrected chi connectivity index (χ4v) is 2.84. The second kappa shape index (κ2) is 7.05. The number of carbonyl (C=O) groups is 1. The number of ether oxygens (including phenoxy) is 1. The first-order valence-corrected chi connectivity index (χ1v) is 8.44. The minimum absolute atomic E-state index is 0.239. The molecule has 2 heterocycles. The Labute approximate surface area is 159 Å². The van der Waals surface area contributed by atoms with Crippen molar-refractivity contribution in [3.8, 4) is 11.4 Å². The molecule has 0 spiro atoms. The van der Waals surface area contributed by atoms with Crippen molar-refractivity contribution in [2.24, 2.45) is 0 Å². The summed E-state index contributed by atoms with van der Waals surface area (Å²) in [5, 5.41) is 12.2. The van der Waals surface area contributed by atoms with Crippen LogP contribution in [0.5, 0.6) is 5.75 Å². The number of aromatic nitrogens is 4. The highest BCUT2D eigenvalue weighted by atomic mass is 35.5. The number of fused-ring (bicyclic) bond motifs is 1. The predicted molar refractivity (Wildman–Crippen MR) is 103 cm³/mol. The van der Waals surface area contributed by atoms with Crippen LogP contribution in [0.25, 0.3) is 16.7 Å². The van der Waals surface area contributed by atoms with E-state index in [-0.39, 0.29) is 5.91 Å². The van der Waals surface area contributed by atoms with Crippen molar-refractivity contribution in [1.82, 2.24) is 20.0 Å². The molecule has 1 N–H and O–H groups in total. The zero-order chi connectivity index (χ0) is 18.8. The van der Waals surface area contributed by atoms with Gasteiger partial charge in [-0.2, -0.15) is 4.80 Å². The molecule has 0 fully saturated rings. The van der Waals surface area contributed by atoms with E-state index in [1.165, 1.54) is 11.0 Å². The first-order chi connectivity index (χ1) is 13.1. The Morgan fingerprint density at radius 2 is 1.96 bits per heavy atom. The van der Waals surface area contributed by atoms with Crippen molar-refractivity contribution >= 4 is 34.2 Å². The number of anilines is 1. The summed E-state index contributed by atoms with van der Waals surface area (Å²) in [5.74, 6) is 0.342. The summed E-state index contributed by atoms with van der Waals surface area (Å²) in [4.78, 5) is 17.7. The summed E-state index contributed by atoms with van der Waals surface area (Å²) in [6.45, 7) is 0. The highest BCUT2D eigenvalue weighted by Crippen LogP contribution is 2.26. The fraction of sp³-hybridized carbons (Fsp3) is 0.0526. The molecular formula is C19H14ClN5O2. The lowest BCUT2D eigenvalue weighted by atomic mass is 10.2. The number of rotatable bonds is 4. The maximum absolute atomic E-state index is 12.3. The summed E-state index contributed by atoms with van der Waals surface area (Å²) in [6, 6.07) is 14.0. The van der Waals surface area contributed by atoms with Gasteiger partial charge in [-0.15, -0.1) is 10.2 Å². The standard InChI is InChI=1S/C19H14ClN5O2/c1-27-18-7-5-14(10-15(18)20)25-23-16-6-4-13(9-17(16)24-25)22-19(26)12-3-2-8-21-11-12/h2-11H,1H3,(H,22,26). The van der Waals surface area contributed by atoms with Crippen LogP contribution in [-0.4, -0.2) is 33.0 Å². The largest absolute Gasteiger partial charge is 0.495 e. The van der Waals surface area contributed by atoms with Gasteiger partial charge in [-0.25, -0.2) is 0 Å². The number of hydrogen-bond donors (Lipinski definition) is 1. The minimum atomic E-state index is -0.239. The smallest absolute Gasteiger partial charge is 0.257 e. The molecular weight excluding hydrogens is 366 g/mol. The molecule has 0 aliphatic heterocycles. The molecule has 134 valence electrons. The zero-order valence-electron chi connectivity index (χ0n) is 14.3. The van der Waals surface area contributed by atoms with Crippen LogP contribution in [0.4, 0.5) is 5.69 Å². The van der Waals surface area contributed by atoms with Gasteiger partial charge in [-0.1, -0.05) is 11.6 Å². The molecule has 0 aliphatic carbocycles. The van der Waals surface area contributed by atoms with Crippen LogP contribution in [0.2, 0.25) is 5.02 Å². The van der Waals surface area contributed by atoms with E-state index in [1.54, 1.807) is 55.8 Å². The number of benzene rings is 2. The molecule has 0 radical (unpaired) electrons. The Morgan fingerprint density at radius 1 is 1.11 bits per heavy atom. The third kappa shape index (κ3) is 3.45. The van der Waals surface area contributed by atoms with Gasteiger partial charge in [0.15, 0.2) is 0 Å². The lowest BCUT2D eigenvalue weighted by Crippen LogP contribution is -2.11. The Balaban J connectivity index is 1.62. The van der Waals surface area contributed by atoms with E-state index in [0.29, 0.717) is 38.7 Å². The SMILES string of the molecule is COc1ccc(-n2nc3ccc(NC(=O)c4cccnc4)cc3n2)cc1Cl. The lowest BCUT2D eigenvalue weighted by Gasteiger charge is -2.04. The summed E-state index contributed by atoms with van der Waals surface area (Å²) in [5.41, 5.74) is 3.15. The highest BCUT2D eigenvalue weighted by molar-refractivity contribution is 6.32. The first-order valence-electron chi connectivity index (χ1n) is 8.06. The average Bonchev–Trinajstić information content (AvgIpc) is 3.12. The molecule has 0 aliphatic rings. The Morgan fingerprint density at radius 3 is 2.70 bits per heavy atom. The van der Waals surface area contributed by atoms with Gasteiger partial charge in [0.25, 0.3) is 5.91 Å². The van der Waals surface area contributed by atoms with Gasteiger partial charge in [-0.3, -0.25) is 9.78 Å². The molecule has 0 atom stereocenters. The molecule has 4 rings (SSSR count). The number of halogens is 1. The highest BCUT2D eigenvalue weighted by Gasteiger charge is 2.10. The van der Waals surface area contributed by atoms with Gasteiger partial charge in [0.2, 0.25) is 0 Å². The monoisotopic (exact) mass is 379 g/mol. The Hall–Kier alpha value is -3.45. The van der Waals surface area contributed by atoms with Gasteiger partial charge < -0.3 is 10.1 Å². The maximum Gasteiger partial charge on any atom is 0.257 e. The van der Waals surface area contributed by atoms with E-state index in [1.807, 2.05) is 6.07 Å². The number of nitrogens with zero attached hydrogens (tertiary/aromatic N) is 4. The van der Waals surface area contributed by atoms with Gasteiger partial charge in [0, 0.05) is 18.1 Å². The topological polar surface area (TPSA) is 81.9 Å². The summed E-state index contributed by atoms with van der Waals surface area (Å²) in [6.07, 6.45) is 3.13. The number of amides is 1. The molecule has 2 aromatic carbocycles. The van der Waals surface area contributed by atoms with E-state index in [4.69, 9.17) is 16.3 Å². The van der Waals surface area contributed by atoms with Gasteiger partial charge in [0.05, 0.1) is 23.4 Å². The summed E-state index contributed by atoms with van der Waals surface area (Å²) < 4.78 is 5.16. The second-order valence-electron chi connectivity index (χ2n) is 5.71. The fourth-order valence-electron chi connectivity index (χ4n) is 2.59. The molecule has 0 bridgehead atoms. The van der Waals surface area contributed by atoms with Crippen molar-refractivity contribution in [1.29, 1.82) is 0 Å². The Kier molecular flexibility index (Phi) is 4.43. The third-order valence-corrected chi connectivity index (χ3v) is 4.22. The molecule has 2 aromatic heterocycles. The number of carbonyl (C=O) groups excluding carboxylic acids is 1. The van der Waals surface area contributed by atoms with Crippen molar-refractivity contribution in [3.05, 3.63) is 71.5 Å². The van der Waals surface area contributed by atoms with Crippen LogP contribution in [0.1, 0.15) is 10.4 Å². The average molecular weight is 380 g/mol. The summed E-state index contributed by atoms with van der Waals surface area (Å²) >= 11 is 6.17. The molecule has 27 heavy (non-hydrogen) atoms. The molecule has 1 amide bonds. The van der Waals surface area contributed by atoms with Crippen molar-refractivity contribution in [3.63, 3.8) is 0 Å².